The van der Waals surface area contributed by atoms with Crippen LogP contribution in [0, 0.1) is 5.82 Å². The number of rotatable bonds is 4. The van der Waals surface area contributed by atoms with Gasteiger partial charge in [0.2, 0.25) is 0 Å². The van der Waals surface area contributed by atoms with Crippen LogP contribution in [0.5, 0.6) is 0 Å². The van der Waals surface area contributed by atoms with E-state index < -0.39 is 29.7 Å². The molecule has 0 aliphatic rings. The second kappa shape index (κ2) is 7.93. The second-order valence-corrected chi connectivity index (χ2v) is 7.29. The van der Waals surface area contributed by atoms with Crippen molar-refractivity contribution in [1.82, 2.24) is 10.3 Å². The fourth-order valence-corrected chi connectivity index (χ4v) is 2.60. The average Bonchev–Trinajstić information content (AvgIpc) is 2.51. The maximum absolute atomic E-state index is 14.1. The molecule has 0 saturated carbocycles. The Balaban J connectivity index is 2.35. The predicted octanol–water partition coefficient (Wildman–Crippen LogP) is 4.28. The number of aliphatic hydroxyl groups excluding tert-OH is 1. The summed E-state index contributed by atoms with van der Waals surface area (Å²) in [6.07, 6.45) is -2.06. The van der Waals surface area contributed by atoms with Gasteiger partial charge in [-0.25, -0.2) is 14.2 Å². The van der Waals surface area contributed by atoms with Crippen molar-refractivity contribution in [3.63, 3.8) is 0 Å². The minimum Gasteiger partial charge on any atom is -0.444 e. The van der Waals surface area contributed by atoms with E-state index in [1.54, 1.807) is 45.0 Å². The van der Waals surface area contributed by atoms with Gasteiger partial charge in [-0.2, -0.15) is 0 Å². The molecule has 0 radical (unpaired) electrons. The minimum atomic E-state index is -1.34. The molecular formula is C18H20BrFN2O3. The van der Waals surface area contributed by atoms with Crippen LogP contribution in [0.1, 0.15) is 44.2 Å². The number of carbonyl (C=O) groups excluding carboxylic acids is 1. The number of aliphatic hydroxyl groups is 1. The third-order valence-electron chi connectivity index (χ3n) is 3.27. The Morgan fingerprint density at radius 2 is 1.92 bits per heavy atom. The highest BCUT2D eigenvalue weighted by Crippen LogP contribution is 2.30. The molecule has 0 spiro atoms. The molecule has 25 heavy (non-hydrogen) atoms. The first-order valence-electron chi connectivity index (χ1n) is 7.72. The number of alkyl carbamates (subject to hydrolysis) is 1. The largest absolute Gasteiger partial charge is 0.444 e. The van der Waals surface area contributed by atoms with Gasteiger partial charge in [0.05, 0.1) is 5.69 Å². The molecule has 2 aromatic rings. The van der Waals surface area contributed by atoms with Gasteiger partial charge < -0.3 is 15.2 Å². The fraction of sp³-hybridized carbons (Fsp3) is 0.333. The summed E-state index contributed by atoms with van der Waals surface area (Å²) in [5.41, 5.74) is -0.274. The monoisotopic (exact) mass is 410 g/mol. The van der Waals surface area contributed by atoms with Crippen molar-refractivity contribution >= 4 is 22.0 Å². The molecule has 2 rings (SSSR count). The van der Waals surface area contributed by atoms with E-state index in [9.17, 15) is 14.3 Å². The van der Waals surface area contributed by atoms with Crippen LogP contribution in [-0.2, 0) is 4.74 Å². The Hall–Kier alpha value is -1.99. The van der Waals surface area contributed by atoms with Gasteiger partial charge in [0.25, 0.3) is 0 Å². The van der Waals surface area contributed by atoms with Gasteiger partial charge in [0.15, 0.2) is 0 Å². The van der Waals surface area contributed by atoms with Gasteiger partial charge in [-0.05, 0) is 54.9 Å². The smallest absolute Gasteiger partial charge is 0.408 e. The summed E-state index contributed by atoms with van der Waals surface area (Å²) in [7, 11) is 0. The molecule has 0 fully saturated rings. The van der Waals surface area contributed by atoms with E-state index in [0.717, 1.165) is 0 Å². The topological polar surface area (TPSA) is 71.5 Å². The van der Waals surface area contributed by atoms with Gasteiger partial charge in [-0.15, -0.1) is 0 Å². The van der Waals surface area contributed by atoms with Gasteiger partial charge >= 0.3 is 6.09 Å². The Morgan fingerprint density at radius 1 is 1.24 bits per heavy atom. The Kier molecular flexibility index (Phi) is 6.13. The number of nitrogens with one attached hydrogen (secondary N) is 1. The van der Waals surface area contributed by atoms with Crippen molar-refractivity contribution < 1.29 is 19.0 Å². The Bertz CT molecular complexity index is 749. The highest BCUT2D eigenvalue weighted by Gasteiger charge is 2.29. The molecule has 1 heterocycles. The lowest BCUT2D eigenvalue weighted by molar-refractivity contribution is 0.0411. The SMILES string of the molecule is CC(C)(C)OC(=O)NC(c1cccc(Br)n1)C(O)c1ccccc1F. The van der Waals surface area contributed by atoms with Crippen LogP contribution in [0.4, 0.5) is 9.18 Å². The highest BCUT2D eigenvalue weighted by atomic mass is 79.9. The second-order valence-electron chi connectivity index (χ2n) is 6.48. The van der Waals surface area contributed by atoms with Crippen molar-refractivity contribution in [2.45, 2.75) is 38.5 Å². The molecular weight excluding hydrogens is 391 g/mol. The number of hydrogen-bond donors (Lipinski definition) is 2. The van der Waals surface area contributed by atoms with Gasteiger partial charge in [0.1, 0.15) is 28.2 Å². The van der Waals surface area contributed by atoms with E-state index in [-0.39, 0.29) is 5.56 Å². The molecule has 2 atom stereocenters. The molecule has 134 valence electrons. The zero-order valence-corrected chi connectivity index (χ0v) is 15.7. The minimum absolute atomic E-state index is 0.0605. The van der Waals surface area contributed by atoms with Crippen molar-refractivity contribution in [2.24, 2.45) is 0 Å². The third-order valence-corrected chi connectivity index (χ3v) is 3.71. The number of benzene rings is 1. The lowest BCUT2D eigenvalue weighted by atomic mass is 9.99. The summed E-state index contributed by atoms with van der Waals surface area (Å²) in [5, 5.41) is 13.3. The van der Waals surface area contributed by atoms with Gasteiger partial charge in [0, 0.05) is 5.56 Å². The zero-order valence-electron chi connectivity index (χ0n) is 14.2. The number of pyridine rings is 1. The number of carbonyl (C=O) groups is 1. The Morgan fingerprint density at radius 3 is 2.52 bits per heavy atom. The van der Waals surface area contributed by atoms with Crippen molar-refractivity contribution in [2.75, 3.05) is 0 Å². The first kappa shape index (κ1) is 19.3. The lowest BCUT2D eigenvalue weighted by Crippen LogP contribution is -2.37. The van der Waals surface area contributed by atoms with Crippen LogP contribution in [0.2, 0.25) is 0 Å². The van der Waals surface area contributed by atoms with Crippen LogP contribution in [0.15, 0.2) is 47.1 Å². The van der Waals surface area contributed by atoms with Gasteiger partial charge in [-0.3, -0.25) is 0 Å². The Labute approximate surface area is 154 Å². The number of aromatic nitrogens is 1. The van der Waals surface area contributed by atoms with Crippen molar-refractivity contribution in [1.29, 1.82) is 0 Å². The lowest BCUT2D eigenvalue weighted by Gasteiger charge is -2.27. The number of amides is 1. The van der Waals surface area contributed by atoms with Crippen LogP contribution >= 0.6 is 15.9 Å². The summed E-state index contributed by atoms with van der Waals surface area (Å²) in [6, 6.07) is 9.92. The van der Waals surface area contributed by atoms with E-state index in [2.05, 4.69) is 26.2 Å². The molecule has 2 unspecified atom stereocenters. The highest BCUT2D eigenvalue weighted by molar-refractivity contribution is 9.10. The average molecular weight is 411 g/mol. The molecule has 0 aliphatic carbocycles. The van der Waals surface area contributed by atoms with E-state index >= 15 is 0 Å². The zero-order chi connectivity index (χ0) is 18.6. The predicted molar refractivity (Wildman–Crippen MR) is 95.4 cm³/mol. The number of halogens is 2. The standard InChI is InChI=1S/C18H20BrFN2O3/c1-18(2,3)25-17(24)22-15(13-9-6-10-14(19)21-13)16(23)11-7-4-5-8-12(11)20/h4-10,15-16,23H,1-3H3,(H,22,24). The summed E-state index contributed by atoms with van der Waals surface area (Å²) >= 11 is 3.25. The summed E-state index contributed by atoms with van der Waals surface area (Å²) < 4.78 is 19.8. The number of ether oxygens (including phenoxy) is 1. The van der Waals surface area contributed by atoms with Crippen molar-refractivity contribution in [3.8, 4) is 0 Å². The van der Waals surface area contributed by atoms with E-state index in [1.807, 2.05) is 0 Å². The van der Waals surface area contributed by atoms with Crippen LogP contribution in [-0.4, -0.2) is 21.8 Å². The quantitative estimate of drug-likeness (QED) is 0.737. The molecule has 0 aliphatic heterocycles. The van der Waals surface area contributed by atoms with E-state index in [0.29, 0.717) is 10.3 Å². The van der Waals surface area contributed by atoms with Crippen LogP contribution in [0.3, 0.4) is 0 Å². The molecule has 1 aromatic carbocycles. The molecule has 7 heteroatoms. The van der Waals surface area contributed by atoms with E-state index in [1.165, 1.54) is 18.2 Å². The third kappa shape index (κ3) is 5.51. The molecule has 1 aromatic heterocycles. The molecule has 1 amide bonds. The maximum atomic E-state index is 14.1. The van der Waals surface area contributed by atoms with Crippen LogP contribution < -0.4 is 5.32 Å². The first-order valence-corrected chi connectivity index (χ1v) is 8.51. The fourth-order valence-electron chi connectivity index (χ4n) is 2.24. The summed E-state index contributed by atoms with van der Waals surface area (Å²) in [4.78, 5) is 16.4. The van der Waals surface area contributed by atoms with Crippen molar-refractivity contribution in [3.05, 3.63) is 64.1 Å². The molecule has 5 nitrogen and oxygen atoms in total. The summed E-state index contributed by atoms with van der Waals surface area (Å²) in [5.74, 6) is -0.569. The van der Waals surface area contributed by atoms with Gasteiger partial charge in [-0.1, -0.05) is 24.3 Å². The maximum Gasteiger partial charge on any atom is 0.408 e. The number of hydrogen-bond acceptors (Lipinski definition) is 4. The van der Waals surface area contributed by atoms with E-state index in [4.69, 9.17) is 4.74 Å². The molecule has 0 saturated heterocycles. The molecule has 0 bridgehead atoms. The molecule has 2 N–H and O–H groups in total. The van der Waals surface area contributed by atoms with Crippen LogP contribution in [0.25, 0.3) is 0 Å². The normalized spacial score (nSPS) is 13.8. The first-order chi connectivity index (χ1) is 11.7. The number of nitrogens with zero attached hydrogens (tertiary/aromatic N) is 1. The summed E-state index contributed by atoms with van der Waals surface area (Å²) in [6.45, 7) is 5.19.